The smallest absolute Gasteiger partial charge is 0.280 e. The van der Waals surface area contributed by atoms with Crippen LogP contribution in [0.25, 0.3) is 0 Å². The molecule has 0 saturated heterocycles. The number of aliphatic imine (C=N–C) groups is 1. The number of nitrogens with two attached hydrogens (primary N) is 2. The molecule has 1 unspecified atom stereocenters. The van der Waals surface area contributed by atoms with E-state index in [1.165, 1.54) is 12.1 Å². The van der Waals surface area contributed by atoms with E-state index in [0.717, 1.165) is 0 Å². The zero-order valence-electron chi connectivity index (χ0n) is 8.66. The summed E-state index contributed by atoms with van der Waals surface area (Å²) in [7, 11) is 0. The Morgan fingerprint density at radius 3 is 2.59 bits per heavy atom. The van der Waals surface area contributed by atoms with Crippen molar-refractivity contribution in [3.63, 3.8) is 0 Å². The largest absolute Gasteiger partial charge is 0.772 e. The van der Waals surface area contributed by atoms with Crippen molar-refractivity contribution in [2.24, 2.45) is 16.5 Å². The summed E-state index contributed by atoms with van der Waals surface area (Å²) in [6, 6.07) is 6.11. The van der Waals surface area contributed by atoms with E-state index in [2.05, 4.69) is 4.99 Å². The Bertz CT molecular complexity index is 461. The van der Waals surface area contributed by atoms with Gasteiger partial charge in [0.25, 0.3) is 5.91 Å². The van der Waals surface area contributed by atoms with Crippen LogP contribution in [0.15, 0.2) is 29.3 Å². The standard InChI is InChI=1S/C9H11N3O3S.ClH/c10-9(11)12-8(13)7-3-1-2-6(4-7)5-16(14)15;/h1-4H,5H2,(H,14,15)(H4,10,11,12,13);1H/p-1. The van der Waals surface area contributed by atoms with Crippen LogP contribution in [0.3, 0.4) is 0 Å². The van der Waals surface area contributed by atoms with Gasteiger partial charge in [-0.1, -0.05) is 23.2 Å². The maximum atomic E-state index is 11.4. The van der Waals surface area contributed by atoms with Crippen LogP contribution in [0.5, 0.6) is 0 Å². The summed E-state index contributed by atoms with van der Waals surface area (Å²) in [4.78, 5) is 14.7. The Morgan fingerprint density at radius 1 is 1.41 bits per heavy atom. The molecule has 0 aliphatic rings. The number of carbonyl (C=O) groups excluding carboxylic acids is 1. The summed E-state index contributed by atoms with van der Waals surface area (Å²) in [6.45, 7) is 0. The number of guanidine groups is 1. The molecule has 6 nitrogen and oxygen atoms in total. The molecule has 0 spiro atoms. The third kappa shape index (κ3) is 5.43. The molecule has 0 aliphatic carbocycles. The maximum absolute atomic E-state index is 11.4. The number of rotatable bonds is 3. The van der Waals surface area contributed by atoms with Gasteiger partial charge in [0.2, 0.25) is 0 Å². The minimum absolute atomic E-state index is 0. The average Bonchev–Trinajstić information content (AvgIpc) is 2.16. The fourth-order valence-electron chi connectivity index (χ4n) is 1.11. The zero-order valence-corrected chi connectivity index (χ0v) is 10.3. The first kappa shape index (κ1) is 15.6. The highest BCUT2D eigenvalue weighted by Gasteiger charge is 2.05. The van der Waals surface area contributed by atoms with Crippen LogP contribution in [0.4, 0.5) is 0 Å². The second-order valence-corrected chi connectivity index (χ2v) is 3.89. The van der Waals surface area contributed by atoms with Gasteiger partial charge in [-0.15, -0.1) is 12.4 Å². The van der Waals surface area contributed by atoms with E-state index in [4.69, 9.17) is 11.5 Å². The Balaban J connectivity index is 0.00000256. The van der Waals surface area contributed by atoms with Crippen LogP contribution in [0, 0.1) is 0 Å². The fourth-order valence-corrected chi connectivity index (χ4v) is 1.56. The molecule has 1 aromatic carbocycles. The zero-order chi connectivity index (χ0) is 12.1. The normalized spacial score (nSPS) is 11.1. The van der Waals surface area contributed by atoms with Gasteiger partial charge >= 0.3 is 0 Å². The molecule has 1 aromatic rings. The van der Waals surface area contributed by atoms with E-state index in [9.17, 15) is 13.6 Å². The molecular formula is C9H11ClN3O3S-. The van der Waals surface area contributed by atoms with Crippen molar-refractivity contribution in [3.8, 4) is 0 Å². The molecule has 0 bridgehead atoms. The number of benzene rings is 1. The number of carbonyl (C=O) groups is 1. The lowest BCUT2D eigenvalue weighted by molar-refractivity contribution is 0.100. The van der Waals surface area contributed by atoms with E-state index in [1.54, 1.807) is 12.1 Å². The summed E-state index contributed by atoms with van der Waals surface area (Å²) in [5, 5.41) is 0. The predicted octanol–water partition coefficient (Wildman–Crippen LogP) is -0.0989. The highest BCUT2D eigenvalue weighted by Crippen LogP contribution is 2.08. The molecule has 1 rings (SSSR count). The van der Waals surface area contributed by atoms with E-state index in [1.807, 2.05) is 0 Å². The van der Waals surface area contributed by atoms with Crippen molar-refractivity contribution in [3.05, 3.63) is 35.4 Å². The van der Waals surface area contributed by atoms with Crippen LogP contribution in [-0.4, -0.2) is 20.6 Å². The van der Waals surface area contributed by atoms with Crippen molar-refractivity contribution in [2.45, 2.75) is 5.75 Å². The van der Waals surface area contributed by atoms with Crippen LogP contribution >= 0.6 is 12.4 Å². The van der Waals surface area contributed by atoms with Gasteiger partial charge in [-0.2, -0.15) is 4.99 Å². The summed E-state index contributed by atoms with van der Waals surface area (Å²) >= 11 is -2.20. The van der Waals surface area contributed by atoms with Crippen LogP contribution in [0.1, 0.15) is 15.9 Å². The monoisotopic (exact) mass is 276 g/mol. The van der Waals surface area contributed by atoms with Crippen molar-refractivity contribution in [1.29, 1.82) is 0 Å². The number of nitrogens with zero attached hydrogens (tertiary/aromatic N) is 1. The summed E-state index contributed by atoms with van der Waals surface area (Å²) < 4.78 is 21.0. The maximum Gasteiger partial charge on any atom is 0.280 e. The number of halogens is 1. The van der Waals surface area contributed by atoms with Gasteiger partial charge < -0.3 is 16.0 Å². The highest BCUT2D eigenvalue weighted by molar-refractivity contribution is 7.78. The SMILES string of the molecule is Cl.NC(N)=NC(=O)c1cccc(CS(=O)[O-])c1. The molecule has 0 fully saturated rings. The number of amides is 1. The fraction of sp³-hybridized carbons (Fsp3) is 0.111. The third-order valence-electron chi connectivity index (χ3n) is 1.69. The first-order valence-corrected chi connectivity index (χ1v) is 5.52. The number of hydrogen-bond donors (Lipinski definition) is 2. The van der Waals surface area contributed by atoms with Gasteiger partial charge in [0.1, 0.15) is 0 Å². The van der Waals surface area contributed by atoms with Crippen LogP contribution < -0.4 is 11.5 Å². The van der Waals surface area contributed by atoms with Gasteiger partial charge in [0, 0.05) is 11.3 Å². The molecule has 0 aromatic heterocycles. The van der Waals surface area contributed by atoms with Crippen molar-refractivity contribution in [2.75, 3.05) is 0 Å². The summed E-state index contributed by atoms with van der Waals surface area (Å²) in [6.07, 6.45) is 0. The molecular weight excluding hydrogens is 266 g/mol. The quantitative estimate of drug-likeness (QED) is 0.453. The topological polar surface area (TPSA) is 122 Å². The van der Waals surface area contributed by atoms with Crippen molar-refractivity contribution in [1.82, 2.24) is 0 Å². The molecule has 0 saturated carbocycles. The van der Waals surface area contributed by atoms with E-state index in [-0.39, 0.29) is 29.7 Å². The first-order valence-electron chi connectivity index (χ1n) is 4.28. The third-order valence-corrected chi connectivity index (χ3v) is 2.26. The lowest BCUT2D eigenvalue weighted by Gasteiger charge is -2.05. The molecule has 1 amide bonds. The molecule has 94 valence electrons. The molecule has 0 radical (unpaired) electrons. The Hall–Kier alpha value is -1.44. The van der Waals surface area contributed by atoms with Gasteiger partial charge in [0.15, 0.2) is 5.96 Å². The van der Waals surface area contributed by atoms with E-state index < -0.39 is 17.0 Å². The van der Waals surface area contributed by atoms with E-state index >= 15 is 0 Å². The van der Waals surface area contributed by atoms with Gasteiger partial charge in [-0.3, -0.25) is 9.00 Å². The lowest BCUT2D eigenvalue weighted by Crippen LogP contribution is -2.24. The second kappa shape index (κ2) is 7.00. The van der Waals surface area contributed by atoms with Gasteiger partial charge in [-0.25, -0.2) is 0 Å². The molecule has 8 heteroatoms. The second-order valence-electron chi connectivity index (χ2n) is 2.99. The molecule has 4 N–H and O–H groups in total. The highest BCUT2D eigenvalue weighted by atomic mass is 35.5. The predicted molar refractivity (Wildman–Crippen MR) is 66.5 cm³/mol. The van der Waals surface area contributed by atoms with Gasteiger partial charge in [0.05, 0.1) is 0 Å². The van der Waals surface area contributed by atoms with Crippen LogP contribution in [-0.2, 0) is 16.8 Å². The molecule has 0 aliphatic heterocycles. The minimum Gasteiger partial charge on any atom is -0.772 e. The average molecular weight is 277 g/mol. The van der Waals surface area contributed by atoms with Crippen molar-refractivity contribution < 1.29 is 13.6 Å². The summed E-state index contributed by atoms with van der Waals surface area (Å²) in [5.74, 6) is -1.08. The molecule has 0 heterocycles. The van der Waals surface area contributed by atoms with Crippen LogP contribution in [0.2, 0.25) is 0 Å². The molecule has 17 heavy (non-hydrogen) atoms. The Kier molecular flexibility index (Phi) is 6.40. The van der Waals surface area contributed by atoms with Gasteiger partial charge in [-0.05, 0) is 17.7 Å². The minimum atomic E-state index is -2.20. The summed E-state index contributed by atoms with van der Waals surface area (Å²) in [5.41, 5.74) is 10.9. The number of hydrogen-bond acceptors (Lipinski definition) is 3. The Labute approximate surface area is 107 Å². The molecule has 1 atom stereocenters. The lowest BCUT2D eigenvalue weighted by atomic mass is 10.1. The van der Waals surface area contributed by atoms with Crippen molar-refractivity contribution >= 4 is 35.4 Å². The Morgan fingerprint density at radius 2 is 2.06 bits per heavy atom. The van der Waals surface area contributed by atoms with E-state index in [0.29, 0.717) is 5.56 Å². The first-order chi connectivity index (χ1) is 7.49.